The summed E-state index contributed by atoms with van der Waals surface area (Å²) in [6.07, 6.45) is 2.87. The fourth-order valence-electron chi connectivity index (χ4n) is 2.77. The second-order valence-corrected chi connectivity index (χ2v) is 11.8. The Labute approximate surface area is 161 Å². The van der Waals surface area contributed by atoms with Gasteiger partial charge in [-0.05, 0) is 35.7 Å². The molecule has 2 aromatic rings. The fourth-order valence-corrected chi connectivity index (χ4v) is 4.36. The van der Waals surface area contributed by atoms with Crippen LogP contribution in [-0.4, -0.2) is 29.3 Å². The molecule has 0 radical (unpaired) electrons. The molecule has 1 unspecified atom stereocenters. The lowest BCUT2D eigenvalue weighted by molar-refractivity contribution is 0.298. The van der Waals surface area contributed by atoms with E-state index >= 15 is 0 Å². The maximum Gasteiger partial charge on any atom is 0.177 e. The van der Waals surface area contributed by atoms with Crippen molar-refractivity contribution in [2.45, 2.75) is 49.9 Å². The van der Waals surface area contributed by atoms with Crippen molar-refractivity contribution < 1.29 is 21.3 Å². The predicted octanol–water partition coefficient (Wildman–Crippen LogP) is 3.85. The lowest BCUT2D eigenvalue weighted by Crippen LogP contribution is -2.26. The maximum atomic E-state index is 12.3. The Balaban J connectivity index is 2.58. The van der Waals surface area contributed by atoms with Crippen molar-refractivity contribution in [1.29, 1.82) is 0 Å². The predicted molar refractivity (Wildman–Crippen MR) is 107 cm³/mol. The largest absolute Gasteiger partial charge is 0.464 e. The van der Waals surface area contributed by atoms with Gasteiger partial charge in [-0.25, -0.2) is 16.8 Å². The maximum absolute atomic E-state index is 12.3. The number of aryl methyl sites for hydroxylation is 1. The molecule has 6 nitrogen and oxygen atoms in total. The van der Waals surface area contributed by atoms with Gasteiger partial charge in [0.1, 0.15) is 11.5 Å². The highest BCUT2D eigenvalue weighted by Gasteiger charge is 2.30. The topological polar surface area (TPSA) is 93.5 Å². The first kappa shape index (κ1) is 21.5. The number of nitrogens with one attached hydrogen (secondary N) is 1. The molecule has 150 valence electrons. The smallest absolute Gasteiger partial charge is 0.177 e. The van der Waals surface area contributed by atoms with Crippen molar-refractivity contribution in [2.24, 2.45) is 5.41 Å². The summed E-state index contributed by atoms with van der Waals surface area (Å²) in [6.45, 7) is 8.05. The monoisotopic (exact) mass is 413 g/mol. The Hall–Kier alpha value is -1.80. The van der Waals surface area contributed by atoms with Crippen LogP contribution < -0.4 is 5.32 Å². The van der Waals surface area contributed by atoms with Crippen LogP contribution in [0, 0.1) is 5.41 Å². The molecule has 0 spiro atoms. The van der Waals surface area contributed by atoms with E-state index in [1.54, 1.807) is 0 Å². The van der Waals surface area contributed by atoms with E-state index in [1.165, 1.54) is 18.2 Å². The average Bonchev–Trinajstić information content (AvgIpc) is 2.98. The molecular formula is C19H27NO5S2. The third-order valence-corrected chi connectivity index (χ3v) is 6.51. The molecular weight excluding hydrogens is 386 g/mol. The van der Waals surface area contributed by atoms with Gasteiger partial charge in [-0.1, -0.05) is 27.7 Å². The molecule has 8 heteroatoms. The fraction of sp³-hybridized carbons (Fsp3) is 0.474. The van der Waals surface area contributed by atoms with E-state index < -0.39 is 19.7 Å². The zero-order valence-corrected chi connectivity index (χ0v) is 18.2. The van der Waals surface area contributed by atoms with Gasteiger partial charge >= 0.3 is 0 Å². The van der Waals surface area contributed by atoms with Crippen LogP contribution >= 0.6 is 0 Å². The molecule has 0 aliphatic carbocycles. The molecule has 0 amide bonds. The average molecular weight is 414 g/mol. The van der Waals surface area contributed by atoms with E-state index in [4.69, 9.17) is 4.42 Å². The first-order chi connectivity index (χ1) is 12.2. The normalized spacial score (nSPS) is 14.1. The first-order valence-corrected chi connectivity index (χ1v) is 12.4. The first-order valence-electron chi connectivity index (χ1n) is 8.63. The Bertz CT molecular complexity index is 1030. The summed E-state index contributed by atoms with van der Waals surface area (Å²) in [5.74, 6) is 1.54. The summed E-state index contributed by atoms with van der Waals surface area (Å²) in [4.78, 5) is -0.0889. The second-order valence-electron chi connectivity index (χ2n) is 7.80. The van der Waals surface area contributed by atoms with Crippen molar-refractivity contribution in [3.63, 3.8) is 0 Å². The number of benzene rings is 1. The third kappa shape index (κ3) is 5.13. The van der Waals surface area contributed by atoms with Gasteiger partial charge in [-0.2, -0.15) is 0 Å². The highest BCUT2D eigenvalue weighted by Crippen LogP contribution is 2.38. The summed E-state index contributed by atoms with van der Waals surface area (Å²) in [7, 11) is -7.17. The van der Waals surface area contributed by atoms with Gasteiger partial charge in [0.15, 0.2) is 19.7 Å². The molecule has 1 aromatic carbocycles. The Kier molecular flexibility index (Phi) is 5.82. The SMILES string of the molecule is CCc1ccc(C(Nc2ccc(S(C)(=O)=O)cc2S(C)(=O)=O)C(C)(C)C)o1. The summed E-state index contributed by atoms with van der Waals surface area (Å²) >= 11 is 0. The van der Waals surface area contributed by atoms with Gasteiger partial charge in [0, 0.05) is 18.9 Å². The molecule has 27 heavy (non-hydrogen) atoms. The number of rotatable bonds is 6. The molecule has 0 bridgehead atoms. The van der Waals surface area contributed by atoms with Crippen LogP contribution in [0.3, 0.4) is 0 Å². The highest BCUT2D eigenvalue weighted by atomic mass is 32.2. The number of hydrogen-bond donors (Lipinski definition) is 1. The minimum atomic E-state index is -3.65. The Morgan fingerprint density at radius 2 is 1.63 bits per heavy atom. The number of hydrogen-bond acceptors (Lipinski definition) is 6. The van der Waals surface area contributed by atoms with Gasteiger partial charge in [0.2, 0.25) is 0 Å². The zero-order chi connectivity index (χ0) is 20.6. The summed E-state index contributed by atoms with van der Waals surface area (Å²) in [5, 5.41) is 3.26. The lowest BCUT2D eigenvalue weighted by Gasteiger charge is -2.31. The summed E-state index contributed by atoms with van der Waals surface area (Å²) < 4.78 is 54.1. The molecule has 0 saturated carbocycles. The minimum absolute atomic E-state index is 0.0351. The summed E-state index contributed by atoms with van der Waals surface area (Å²) in [5.41, 5.74) is 0.0620. The van der Waals surface area contributed by atoms with Crippen LogP contribution in [0.4, 0.5) is 5.69 Å². The minimum Gasteiger partial charge on any atom is -0.464 e. The van der Waals surface area contributed by atoms with Gasteiger partial charge in [0.25, 0.3) is 0 Å². The van der Waals surface area contributed by atoms with Crippen molar-refractivity contribution in [3.8, 4) is 0 Å². The third-order valence-electron chi connectivity index (χ3n) is 4.26. The van der Waals surface area contributed by atoms with Gasteiger partial charge in [-0.15, -0.1) is 0 Å². The number of sulfone groups is 2. The van der Waals surface area contributed by atoms with E-state index in [-0.39, 0.29) is 21.2 Å². The van der Waals surface area contributed by atoms with E-state index in [0.717, 1.165) is 24.7 Å². The van der Waals surface area contributed by atoms with Crippen molar-refractivity contribution in [2.75, 3.05) is 17.8 Å². The summed E-state index contributed by atoms with van der Waals surface area (Å²) in [6, 6.07) is 7.59. The lowest BCUT2D eigenvalue weighted by atomic mass is 9.85. The Morgan fingerprint density at radius 3 is 2.07 bits per heavy atom. The van der Waals surface area contributed by atoms with E-state index in [1.807, 2.05) is 39.8 Å². The van der Waals surface area contributed by atoms with Crippen LogP contribution in [0.5, 0.6) is 0 Å². The van der Waals surface area contributed by atoms with Crippen LogP contribution in [0.1, 0.15) is 45.3 Å². The van der Waals surface area contributed by atoms with E-state index in [0.29, 0.717) is 11.4 Å². The van der Waals surface area contributed by atoms with Gasteiger partial charge in [-0.3, -0.25) is 0 Å². The number of anilines is 1. The van der Waals surface area contributed by atoms with E-state index in [9.17, 15) is 16.8 Å². The zero-order valence-electron chi connectivity index (χ0n) is 16.5. The molecule has 0 aliphatic heterocycles. The number of furan rings is 1. The van der Waals surface area contributed by atoms with Gasteiger partial charge in [0.05, 0.1) is 21.5 Å². The van der Waals surface area contributed by atoms with Crippen molar-refractivity contribution in [3.05, 3.63) is 41.9 Å². The molecule has 0 fully saturated rings. The van der Waals surface area contributed by atoms with Crippen molar-refractivity contribution >= 4 is 25.4 Å². The second kappa shape index (κ2) is 7.31. The molecule has 1 atom stereocenters. The van der Waals surface area contributed by atoms with Gasteiger partial charge < -0.3 is 9.73 Å². The molecule has 0 saturated heterocycles. The highest BCUT2D eigenvalue weighted by molar-refractivity contribution is 7.91. The Morgan fingerprint density at radius 1 is 1.00 bits per heavy atom. The quantitative estimate of drug-likeness (QED) is 0.773. The molecule has 1 aromatic heterocycles. The van der Waals surface area contributed by atoms with Crippen LogP contribution in [0.2, 0.25) is 0 Å². The standard InChI is InChI=1S/C19H27NO5S2/c1-7-13-8-11-16(25-13)18(19(2,3)4)20-15-10-9-14(26(5,21)22)12-17(15)27(6,23)24/h8-12,18,20H,7H2,1-6H3. The molecule has 1 N–H and O–H groups in total. The van der Waals surface area contributed by atoms with E-state index in [2.05, 4.69) is 5.32 Å². The molecule has 1 heterocycles. The van der Waals surface area contributed by atoms with Crippen molar-refractivity contribution in [1.82, 2.24) is 0 Å². The van der Waals surface area contributed by atoms with Crippen LogP contribution in [0.15, 0.2) is 44.5 Å². The van der Waals surface area contributed by atoms with Crippen LogP contribution in [0.25, 0.3) is 0 Å². The molecule has 0 aliphatic rings. The van der Waals surface area contributed by atoms with Crippen LogP contribution in [-0.2, 0) is 26.1 Å². The molecule has 2 rings (SSSR count).